The van der Waals surface area contributed by atoms with Gasteiger partial charge in [-0.25, -0.2) is 87.8 Å². The Labute approximate surface area is 306 Å². The highest BCUT2D eigenvalue weighted by Crippen LogP contribution is 2.30. The van der Waals surface area contributed by atoms with Gasteiger partial charge in [-0.05, 0) is 12.1 Å². The van der Waals surface area contributed by atoms with Crippen molar-refractivity contribution in [2.24, 2.45) is 0 Å². The number of furan rings is 2. The van der Waals surface area contributed by atoms with E-state index in [2.05, 4.69) is 0 Å². The van der Waals surface area contributed by atoms with Gasteiger partial charge in [-0.1, -0.05) is 0 Å². The van der Waals surface area contributed by atoms with Gasteiger partial charge in [0.1, 0.15) is 52.7 Å². The first kappa shape index (κ1) is 42.0. The Bertz CT molecular complexity index is 2090. The lowest BCUT2D eigenvalue weighted by Gasteiger charge is -2.44. The molecule has 2 heterocycles. The van der Waals surface area contributed by atoms with E-state index in [0.717, 1.165) is 7.53 Å². The molecule has 0 spiro atoms. The summed E-state index contributed by atoms with van der Waals surface area (Å²) in [5, 5.41) is 0. The zero-order valence-electron chi connectivity index (χ0n) is 25.8. The Balaban J connectivity index is 0.000000463. The largest absolute Gasteiger partial charge is 0.442 e. The van der Waals surface area contributed by atoms with Crippen LogP contribution in [0, 0.1) is 124 Å². The first-order valence-corrected chi connectivity index (χ1v) is 16.3. The lowest BCUT2D eigenvalue weighted by Crippen LogP contribution is -3.61. The van der Waals surface area contributed by atoms with Crippen molar-refractivity contribution in [3.8, 4) is 0 Å². The maximum Gasteiger partial charge on any atom is 0.442 e. The molecule has 0 saturated heterocycles. The van der Waals surface area contributed by atoms with E-state index in [-0.39, 0.29) is 21.2 Å². The number of halogens is 21. The second-order valence-electron chi connectivity index (χ2n) is 10.7. The second kappa shape index (κ2) is 15.4. The average molecular weight is 940 g/mol. The fourth-order valence-corrected chi connectivity index (χ4v) is 7.44. The van der Waals surface area contributed by atoms with Crippen molar-refractivity contribution >= 4 is 28.0 Å². The molecular formula is C32H6BF20IO2. The standard InChI is InChI=1S/C24BF20.C8H6IO2/c26-5-1(6(27)14(35)21(42)13(5)34)25(2-7(28)15(36)22(43)16(37)8(2)29,3-9(30)17(38)23(44)18(39)10(3)31)4-11(32)19(40)24(45)20(41)12(4)33;1-3-7(10-5-1)9-8-4-2-6-11-8/h;1-6H/q-1;+1. The quantitative estimate of drug-likeness (QED) is 0.0787. The molecule has 0 N–H and O–H groups in total. The van der Waals surface area contributed by atoms with Gasteiger partial charge in [-0.15, -0.1) is 21.9 Å². The van der Waals surface area contributed by atoms with Crippen molar-refractivity contribution in [1.29, 1.82) is 0 Å². The molecule has 2 aromatic heterocycles. The normalized spacial score (nSPS) is 11.6. The van der Waals surface area contributed by atoms with Gasteiger partial charge in [0, 0.05) is 12.1 Å². The van der Waals surface area contributed by atoms with Crippen LogP contribution in [0.1, 0.15) is 0 Å². The van der Waals surface area contributed by atoms with Crippen LogP contribution in [-0.2, 0) is 0 Å². The van der Waals surface area contributed by atoms with Gasteiger partial charge in [0.05, 0.1) is 12.5 Å². The first-order chi connectivity index (χ1) is 26.2. The molecule has 6 aromatic rings. The fraction of sp³-hybridized carbons (Fsp3) is 0. The third-order valence-corrected chi connectivity index (χ3v) is 10.2. The summed E-state index contributed by atoms with van der Waals surface area (Å²) in [6.45, 7) is 0. The van der Waals surface area contributed by atoms with Gasteiger partial charge in [0.2, 0.25) is 0 Å². The molecule has 0 amide bonds. The molecule has 0 fully saturated rings. The van der Waals surface area contributed by atoms with E-state index in [1.165, 1.54) is 0 Å². The van der Waals surface area contributed by atoms with E-state index < -0.39 is 144 Å². The Morgan fingerprint density at radius 1 is 0.286 bits per heavy atom. The highest BCUT2D eigenvalue weighted by atomic mass is 127. The molecule has 0 saturated carbocycles. The van der Waals surface area contributed by atoms with Crippen molar-refractivity contribution in [3.63, 3.8) is 0 Å². The Morgan fingerprint density at radius 3 is 0.625 bits per heavy atom. The van der Waals surface area contributed by atoms with Crippen LogP contribution >= 0.6 is 0 Å². The molecule has 0 atom stereocenters. The molecule has 296 valence electrons. The fourth-order valence-electron chi connectivity index (χ4n) is 5.59. The lowest BCUT2D eigenvalue weighted by atomic mass is 9.12. The smallest absolute Gasteiger partial charge is 0.427 e. The van der Waals surface area contributed by atoms with Crippen LogP contribution < -0.4 is 43.1 Å². The molecule has 24 heteroatoms. The number of rotatable bonds is 6. The molecule has 0 bridgehead atoms. The highest BCUT2D eigenvalue weighted by molar-refractivity contribution is 7.20. The second-order valence-corrected chi connectivity index (χ2v) is 13.4. The van der Waals surface area contributed by atoms with Crippen molar-refractivity contribution in [3.05, 3.63) is 161 Å². The maximum atomic E-state index is 15.4. The molecule has 0 aliphatic rings. The van der Waals surface area contributed by atoms with Crippen LogP contribution in [0.5, 0.6) is 0 Å². The number of benzene rings is 4. The summed E-state index contributed by atoms with van der Waals surface area (Å²) < 4.78 is 306. The molecule has 4 aromatic carbocycles. The van der Waals surface area contributed by atoms with Gasteiger partial charge >= 0.3 is 28.7 Å². The van der Waals surface area contributed by atoms with Gasteiger partial charge in [-0.2, -0.15) is 0 Å². The van der Waals surface area contributed by atoms with Crippen molar-refractivity contribution in [2.45, 2.75) is 0 Å². The summed E-state index contributed by atoms with van der Waals surface area (Å²) in [7, 11) is 0. The third-order valence-electron chi connectivity index (χ3n) is 7.87. The minimum atomic E-state index is -7.22. The number of hydrogen-bond donors (Lipinski definition) is 0. The van der Waals surface area contributed by atoms with Crippen LogP contribution in [0.4, 0.5) is 87.8 Å². The highest BCUT2D eigenvalue weighted by Gasteiger charge is 2.52. The van der Waals surface area contributed by atoms with E-state index >= 15 is 35.1 Å². The summed E-state index contributed by atoms with van der Waals surface area (Å²) in [6.07, 6.45) is -3.83. The summed E-state index contributed by atoms with van der Waals surface area (Å²) >= 11 is -0.229. The van der Waals surface area contributed by atoms with Crippen LogP contribution in [0.15, 0.2) is 45.6 Å². The molecule has 0 radical (unpaired) electrons. The predicted molar refractivity (Wildman–Crippen MR) is 144 cm³/mol. The summed E-state index contributed by atoms with van der Waals surface area (Å²) in [5.41, 5.74) is -14.3. The molecule has 0 unspecified atom stereocenters. The van der Waals surface area contributed by atoms with Crippen molar-refractivity contribution in [2.75, 3.05) is 0 Å². The molecule has 0 aliphatic carbocycles. The molecular weight excluding hydrogens is 934 g/mol. The minimum absolute atomic E-state index is 0.229. The van der Waals surface area contributed by atoms with Crippen LogP contribution in [0.2, 0.25) is 0 Å². The van der Waals surface area contributed by atoms with Gasteiger partial charge < -0.3 is 8.83 Å². The monoisotopic (exact) mass is 940 g/mol. The third kappa shape index (κ3) is 6.33. The SMILES string of the molecule is Fc1c(F)c(F)c([B-](c2c(F)c(F)c(F)c(F)c2F)(c2c(F)c(F)c(F)c(F)c2F)c2c(F)c(F)c(F)c(F)c2F)c(F)c1F.c1coc([I+]c2ccco2)c1. The lowest BCUT2D eigenvalue weighted by molar-refractivity contribution is -0.636. The zero-order chi connectivity index (χ0) is 41.9. The molecule has 2 nitrogen and oxygen atoms in total. The van der Waals surface area contributed by atoms with Crippen LogP contribution in [-0.4, -0.2) is 6.15 Å². The maximum absolute atomic E-state index is 15.4. The molecule has 6 rings (SSSR count). The van der Waals surface area contributed by atoms with Crippen LogP contribution in [0.25, 0.3) is 0 Å². The predicted octanol–water partition coefficient (Wildman–Crippen LogP) is 4.85. The van der Waals surface area contributed by atoms with Crippen molar-refractivity contribution < 1.29 is 118 Å². The van der Waals surface area contributed by atoms with Gasteiger partial charge in [0.25, 0.3) is 0 Å². The van der Waals surface area contributed by atoms with Crippen molar-refractivity contribution in [1.82, 2.24) is 0 Å². The van der Waals surface area contributed by atoms with E-state index in [1.807, 2.05) is 24.3 Å². The summed E-state index contributed by atoms with van der Waals surface area (Å²) in [6, 6.07) is 7.77. The summed E-state index contributed by atoms with van der Waals surface area (Å²) in [4.78, 5) is 0. The Morgan fingerprint density at radius 2 is 0.464 bits per heavy atom. The molecule has 56 heavy (non-hydrogen) atoms. The number of hydrogen-bond acceptors (Lipinski definition) is 2. The van der Waals surface area contributed by atoms with Gasteiger partial charge in [-0.3, -0.25) is 0 Å². The topological polar surface area (TPSA) is 26.3 Å². The van der Waals surface area contributed by atoms with E-state index in [0.29, 0.717) is 0 Å². The van der Waals surface area contributed by atoms with E-state index in [1.54, 1.807) is 12.5 Å². The van der Waals surface area contributed by atoms with Gasteiger partial charge in [0.15, 0.2) is 69.8 Å². The summed E-state index contributed by atoms with van der Waals surface area (Å²) in [5.74, 6) is -71.4. The first-order valence-electron chi connectivity index (χ1n) is 14.1. The molecule has 0 aliphatic heterocycles. The average Bonchev–Trinajstić information content (AvgIpc) is 3.90. The van der Waals surface area contributed by atoms with E-state index in [4.69, 9.17) is 8.83 Å². The Kier molecular flexibility index (Phi) is 11.6. The Hall–Kier alpha value is -5.17. The zero-order valence-corrected chi connectivity index (χ0v) is 28.0. The van der Waals surface area contributed by atoms with Crippen LogP contribution in [0.3, 0.4) is 0 Å². The minimum Gasteiger partial charge on any atom is -0.427 e. The van der Waals surface area contributed by atoms with E-state index in [9.17, 15) is 52.7 Å².